The molecule has 0 radical (unpaired) electrons. The summed E-state index contributed by atoms with van der Waals surface area (Å²) >= 11 is 0. The van der Waals surface area contributed by atoms with E-state index in [1.165, 1.54) is 6.07 Å². The van der Waals surface area contributed by atoms with E-state index in [1.807, 2.05) is 6.92 Å². The number of halogens is 3. The zero-order valence-corrected chi connectivity index (χ0v) is 14.4. The van der Waals surface area contributed by atoms with Gasteiger partial charge < -0.3 is 14.6 Å². The number of hydrogen-bond acceptors (Lipinski definition) is 4. The molecule has 0 amide bonds. The van der Waals surface area contributed by atoms with E-state index in [4.69, 9.17) is 9.47 Å². The molecule has 0 bridgehead atoms. The Morgan fingerprint density at radius 1 is 1.31 bits per heavy atom. The molecule has 26 heavy (non-hydrogen) atoms. The number of carbonyl (C=O) groups excluding carboxylic acids is 1. The molecule has 1 fully saturated rings. The van der Waals surface area contributed by atoms with Crippen LogP contribution in [0.3, 0.4) is 0 Å². The summed E-state index contributed by atoms with van der Waals surface area (Å²) < 4.78 is 50.4. The number of carbonyl (C=O) groups is 1. The van der Waals surface area contributed by atoms with Crippen LogP contribution in [0, 0.1) is 5.92 Å². The fourth-order valence-corrected chi connectivity index (χ4v) is 3.43. The first-order valence-electron chi connectivity index (χ1n) is 8.77. The minimum absolute atomic E-state index is 0.102. The van der Waals surface area contributed by atoms with Gasteiger partial charge in [-0.2, -0.15) is 13.2 Å². The molecule has 1 aromatic carbocycles. The highest BCUT2D eigenvalue weighted by atomic mass is 19.4. The Hall–Kier alpha value is -2.18. The number of benzene rings is 1. The predicted octanol–water partition coefficient (Wildman–Crippen LogP) is 4.39. The summed E-state index contributed by atoms with van der Waals surface area (Å²) in [5.74, 6) is -1.03. The molecule has 1 N–H and O–H groups in total. The summed E-state index contributed by atoms with van der Waals surface area (Å²) in [6.07, 6.45) is -1.57. The van der Waals surface area contributed by atoms with Gasteiger partial charge in [0.25, 0.3) is 0 Å². The SMILES string of the molecule is CCc1cc2c(cc1O)OC(C(F)(F)F)C(C(=O)OCC1CCCC1)=C2. The number of phenols is 1. The first-order valence-corrected chi connectivity index (χ1v) is 8.77. The zero-order chi connectivity index (χ0) is 18.9. The van der Waals surface area contributed by atoms with Crippen LogP contribution in [0.4, 0.5) is 13.2 Å². The summed E-state index contributed by atoms with van der Waals surface area (Å²) in [4.78, 5) is 12.3. The molecule has 1 aliphatic carbocycles. The van der Waals surface area contributed by atoms with Crippen LogP contribution in [0.1, 0.15) is 43.7 Å². The van der Waals surface area contributed by atoms with Crippen molar-refractivity contribution in [2.75, 3.05) is 6.61 Å². The fraction of sp³-hybridized carbons (Fsp3) is 0.526. The zero-order valence-electron chi connectivity index (χ0n) is 14.4. The van der Waals surface area contributed by atoms with Gasteiger partial charge in [0.2, 0.25) is 6.10 Å². The number of phenolic OH excluding ortho intramolecular Hbond substituents is 1. The summed E-state index contributed by atoms with van der Waals surface area (Å²) in [6.45, 7) is 1.94. The Balaban J connectivity index is 1.88. The van der Waals surface area contributed by atoms with E-state index in [1.54, 1.807) is 0 Å². The topological polar surface area (TPSA) is 55.8 Å². The number of hydrogen-bond donors (Lipinski definition) is 1. The van der Waals surface area contributed by atoms with Gasteiger partial charge in [-0.1, -0.05) is 19.8 Å². The van der Waals surface area contributed by atoms with Crippen molar-refractivity contribution in [3.05, 3.63) is 28.8 Å². The summed E-state index contributed by atoms with van der Waals surface area (Å²) in [5, 5.41) is 9.86. The molecule has 4 nitrogen and oxygen atoms in total. The maximum Gasteiger partial charge on any atom is 0.430 e. The number of fused-ring (bicyclic) bond motifs is 1. The molecule has 1 saturated carbocycles. The van der Waals surface area contributed by atoms with Crippen LogP contribution in [0.25, 0.3) is 6.08 Å². The molecule has 1 unspecified atom stereocenters. The smallest absolute Gasteiger partial charge is 0.430 e. The van der Waals surface area contributed by atoms with Gasteiger partial charge in [0.1, 0.15) is 11.5 Å². The highest BCUT2D eigenvalue weighted by Crippen LogP contribution is 2.40. The lowest BCUT2D eigenvalue weighted by molar-refractivity contribution is -0.188. The van der Waals surface area contributed by atoms with Crippen molar-refractivity contribution >= 4 is 12.0 Å². The van der Waals surface area contributed by atoms with Crippen LogP contribution in [0.2, 0.25) is 0 Å². The molecule has 0 spiro atoms. The third kappa shape index (κ3) is 3.81. The van der Waals surface area contributed by atoms with Gasteiger partial charge in [-0.05, 0) is 42.9 Å². The number of ether oxygens (including phenoxy) is 2. The van der Waals surface area contributed by atoms with E-state index in [0.29, 0.717) is 17.5 Å². The Morgan fingerprint density at radius 2 is 2.00 bits per heavy atom. The quantitative estimate of drug-likeness (QED) is 0.799. The average molecular weight is 370 g/mol. The summed E-state index contributed by atoms with van der Waals surface area (Å²) in [7, 11) is 0. The fourth-order valence-electron chi connectivity index (χ4n) is 3.43. The van der Waals surface area contributed by atoms with Crippen molar-refractivity contribution in [2.45, 2.75) is 51.3 Å². The third-order valence-electron chi connectivity index (χ3n) is 4.89. The van der Waals surface area contributed by atoms with E-state index in [0.717, 1.165) is 37.8 Å². The van der Waals surface area contributed by atoms with Gasteiger partial charge in [-0.3, -0.25) is 0 Å². The highest BCUT2D eigenvalue weighted by Gasteiger charge is 2.49. The van der Waals surface area contributed by atoms with Crippen molar-refractivity contribution in [3.8, 4) is 11.5 Å². The van der Waals surface area contributed by atoms with Crippen LogP contribution in [-0.4, -0.2) is 30.0 Å². The minimum Gasteiger partial charge on any atom is -0.508 e. The highest BCUT2D eigenvalue weighted by molar-refractivity contribution is 5.96. The molecule has 0 saturated heterocycles. The van der Waals surface area contributed by atoms with Gasteiger partial charge in [0.15, 0.2) is 0 Å². The molecule has 1 aliphatic heterocycles. The van der Waals surface area contributed by atoms with Gasteiger partial charge in [-0.25, -0.2) is 4.79 Å². The molecule has 1 atom stereocenters. The van der Waals surface area contributed by atoms with Crippen molar-refractivity contribution in [1.29, 1.82) is 0 Å². The second-order valence-electron chi connectivity index (χ2n) is 6.76. The molecule has 2 aliphatic rings. The third-order valence-corrected chi connectivity index (χ3v) is 4.89. The van der Waals surface area contributed by atoms with Crippen molar-refractivity contribution < 1.29 is 32.5 Å². The van der Waals surface area contributed by atoms with Crippen LogP contribution >= 0.6 is 0 Å². The van der Waals surface area contributed by atoms with E-state index >= 15 is 0 Å². The number of esters is 1. The molecular weight excluding hydrogens is 349 g/mol. The number of alkyl halides is 3. The number of aryl methyl sites for hydroxylation is 1. The molecule has 0 aromatic heterocycles. The van der Waals surface area contributed by atoms with Crippen LogP contribution in [-0.2, 0) is 16.0 Å². The van der Waals surface area contributed by atoms with Gasteiger partial charge in [0, 0.05) is 11.6 Å². The van der Waals surface area contributed by atoms with Crippen molar-refractivity contribution in [1.82, 2.24) is 0 Å². The molecule has 1 heterocycles. The molecule has 142 valence electrons. The summed E-state index contributed by atoms with van der Waals surface area (Å²) in [5.41, 5.74) is 0.330. The first-order chi connectivity index (χ1) is 12.3. The van der Waals surface area contributed by atoms with E-state index in [-0.39, 0.29) is 24.0 Å². The second kappa shape index (κ2) is 7.21. The number of rotatable bonds is 4. The largest absolute Gasteiger partial charge is 0.508 e. The van der Waals surface area contributed by atoms with Gasteiger partial charge in [-0.15, -0.1) is 0 Å². The van der Waals surface area contributed by atoms with Crippen LogP contribution in [0.5, 0.6) is 11.5 Å². The van der Waals surface area contributed by atoms with E-state index in [9.17, 15) is 23.1 Å². The van der Waals surface area contributed by atoms with Crippen LogP contribution < -0.4 is 4.74 Å². The Labute approximate surface area is 149 Å². The average Bonchev–Trinajstić information content (AvgIpc) is 3.10. The van der Waals surface area contributed by atoms with Crippen LogP contribution in [0.15, 0.2) is 17.7 Å². The van der Waals surface area contributed by atoms with Crippen molar-refractivity contribution in [2.24, 2.45) is 5.92 Å². The maximum atomic E-state index is 13.4. The Kier molecular flexibility index (Phi) is 5.16. The second-order valence-corrected chi connectivity index (χ2v) is 6.76. The van der Waals surface area contributed by atoms with Gasteiger partial charge >= 0.3 is 12.1 Å². The Bertz CT molecular complexity index is 718. The van der Waals surface area contributed by atoms with Gasteiger partial charge in [0.05, 0.1) is 12.2 Å². The Morgan fingerprint density at radius 3 is 2.62 bits per heavy atom. The maximum absolute atomic E-state index is 13.4. The molecular formula is C19H21F3O4. The van der Waals surface area contributed by atoms with E-state index in [2.05, 4.69) is 0 Å². The lowest BCUT2D eigenvalue weighted by Crippen LogP contribution is -2.41. The monoisotopic (exact) mass is 370 g/mol. The minimum atomic E-state index is -4.77. The standard InChI is InChI=1S/C19H21F3O4/c1-2-12-7-13-8-14(18(24)25-10-11-5-3-4-6-11)17(19(20,21)22)26-16(13)9-15(12)23/h7-9,11,17,23H,2-6,10H2,1H3. The number of aromatic hydroxyl groups is 1. The lowest BCUT2D eigenvalue weighted by atomic mass is 9.98. The molecule has 1 aromatic rings. The molecule has 3 rings (SSSR count). The van der Waals surface area contributed by atoms with E-state index < -0.39 is 23.8 Å². The summed E-state index contributed by atoms with van der Waals surface area (Å²) in [6, 6.07) is 2.69. The molecule has 7 heteroatoms. The predicted molar refractivity (Wildman–Crippen MR) is 88.8 cm³/mol. The van der Waals surface area contributed by atoms with Crippen molar-refractivity contribution in [3.63, 3.8) is 0 Å². The lowest BCUT2D eigenvalue weighted by Gasteiger charge is -2.28. The normalized spacial score (nSPS) is 20.3. The first kappa shape index (κ1) is 18.6.